The predicted molar refractivity (Wildman–Crippen MR) is 62.1 cm³/mol. The Balaban J connectivity index is 2.10. The summed E-state index contributed by atoms with van der Waals surface area (Å²) in [6.07, 6.45) is 1.01. The number of benzene rings is 1. The highest BCUT2D eigenvalue weighted by atomic mass is 35.5. The number of carbonyl (C=O) groups excluding carboxylic acids is 1. The van der Waals surface area contributed by atoms with E-state index in [1.165, 1.54) is 0 Å². The zero-order valence-corrected chi connectivity index (χ0v) is 9.64. The summed E-state index contributed by atoms with van der Waals surface area (Å²) in [4.78, 5) is 11.7. The lowest BCUT2D eigenvalue weighted by molar-refractivity contribution is -0.117. The average molecular weight is 224 g/mol. The van der Waals surface area contributed by atoms with Crippen LogP contribution in [0.1, 0.15) is 18.9 Å². The van der Waals surface area contributed by atoms with Crippen molar-refractivity contribution in [3.63, 3.8) is 0 Å². The second-order valence-corrected chi connectivity index (χ2v) is 4.70. The van der Waals surface area contributed by atoms with E-state index in [0.717, 1.165) is 17.7 Å². The first kappa shape index (κ1) is 10.5. The Hall–Kier alpha value is -1.02. The van der Waals surface area contributed by atoms with Crippen LogP contribution < -0.4 is 5.32 Å². The fourth-order valence-corrected chi connectivity index (χ4v) is 1.81. The summed E-state index contributed by atoms with van der Waals surface area (Å²) in [6.45, 7) is 4.05. The topological polar surface area (TPSA) is 29.1 Å². The number of carbonyl (C=O) groups is 1. The van der Waals surface area contributed by atoms with Gasteiger partial charge in [-0.15, -0.1) is 0 Å². The van der Waals surface area contributed by atoms with E-state index in [1.807, 2.05) is 19.1 Å². The lowest BCUT2D eigenvalue weighted by Gasteiger charge is -2.08. The van der Waals surface area contributed by atoms with Crippen LogP contribution in [0.25, 0.3) is 0 Å². The summed E-state index contributed by atoms with van der Waals surface area (Å²) in [5, 5.41) is 3.57. The quantitative estimate of drug-likeness (QED) is 0.820. The van der Waals surface area contributed by atoms with Crippen molar-refractivity contribution in [2.24, 2.45) is 11.8 Å². The molecule has 2 atom stereocenters. The van der Waals surface area contributed by atoms with Gasteiger partial charge in [0.15, 0.2) is 0 Å². The molecule has 0 unspecified atom stereocenters. The molecule has 80 valence electrons. The number of nitrogens with one attached hydrogen (secondary N) is 1. The van der Waals surface area contributed by atoms with Gasteiger partial charge >= 0.3 is 0 Å². The van der Waals surface area contributed by atoms with E-state index in [0.29, 0.717) is 10.9 Å². The van der Waals surface area contributed by atoms with E-state index < -0.39 is 0 Å². The molecule has 0 aromatic heterocycles. The van der Waals surface area contributed by atoms with Crippen molar-refractivity contribution >= 4 is 23.2 Å². The maximum absolute atomic E-state index is 11.7. The Labute approximate surface area is 94.6 Å². The normalized spacial score (nSPS) is 23.7. The molecule has 1 aliphatic carbocycles. The zero-order chi connectivity index (χ0) is 11.0. The van der Waals surface area contributed by atoms with Crippen LogP contribution in [0.4, 0.5) is 5.69 Å². The molecule has 1 aliphatic rings. The molecule has 0 aliphatic heterocycles. The molecule has 1 aromatic carbocycles. The van der Waals surface area contributed by atoms with Gasteiger partial charge in [-0.3, -0.25) is 4.79 Å². The van der Waals surface area contributed by atoms with Crippen LogP contribution >= 0.6 is 11.6 Å². The van der Waals surface area contributed by atoms with E-state index in [4.69, 9.17) is 11.6 Å². The lowest BCUT2D eigenvalue weighted by atomic mass is 10.2. The minimum atomic E-state index is 0.118. The molecule has 2 rings (SSSR count). The first-order valence-corrected chi connectivity index (χ1v) is 5.52. The maximum Gasteiger partial charge on any atom is 0.227 e. The van der Waals surface area contributed by atoms with E-state index in [1.54, 1.807) is 6.07 Å². The van der Waals surface area contributed by atoms with Crippen LogP contribution in [0.2, 0.25) is 5.02 Å². The summed E-state index contributed by atoms with van der Waals surface area (Å²) in [5.41, 5.74) is 1.87. The molecule has 0 spiro atoms. The maximum atomic E-state index is 11.7. The van der Waals surface area contributed by atoms with Crippen LogP contribution in [0.15, 0.2) is 18.2 Å². The summed E-state index contributed by atoms with van der Waals surface area (Å²) in [5.74, 6) is 0.848. The third-order valence-electron chi connectivity index (χ3n) is 2.90. The molecule has 2 nitrogen and oxygen atoms in total. The highest BCUT2D eigenvalue weighted by Gasteiger charge is 2.39. The SMILES string of the molecule is Cc1ccc(Cl)cc1NC(=O)[C@@H]1C[C@@H]1C. The standard InChI is InChI=1S/C12H14ClNO/c1-7-3-4-9(13)6-11(7)14-12(15)10-5-8(10)2/h3-4,6,8,10H,5H2,1-2H3,(H,14,15)/t8-,10+/m0/s1. The molecule has 1 saturated carbocycles. The second-order valence-electron chi connectivity index (χ2n) is 4.27. The van der Waals surface area contributed by atoms with Gasteiger partial charge in [-0.25, -0.2) is 0 Å². The van der Waals surface area contributed by atoms with Gasteiger partial charge in [-0.2, -0.15) is 0 Å². The van der Waals surface area contributed by atoms with Crippen LogP contribution in [-0.4, -0.2) is 5.91 Å². The van der Waals surface area contributed by atoms with Crippen molar-refractivity contribution in [2.45, 2.75) is 20.3 Å². The fraction of sp³-hybridized carbons (Fsp3) is 0.417. The predicted octanol–water partition coefficient (Wildman–Crippen LogP) is 3.24. The summed E-state index contributed by atoms with van der Waals surface area (Å²) >= 11 is 5.87. The molecule has 3 heteroatoms. The molecule has 0 saturated heterocycles. The van der Waals surface area contributed by atoms with Gasteiger partial charge in [0.25, 0.3) is 0 Å². The molecular formula is C12H14ClNO. The minimum Gasteiger partial charge on any atom is -0.326 e. The van der Waals surface area contributed by atoms with Gasteiger partial charge in [-0.05, 0) is 37.0 Å². The van der Waals surface area contributed by atoms with Gasteiger partial charge < -0.3 is 5.32 Å². The van der Waals surface area contributed by atoms with E-state index in [-0.39, 0.29) is 11.8 Å². The summed E-state index contributed by atoms with van der Waals surface area (Å²) in [7, 11) is 0. The molecule has 15 heavy (non-hydrogen) atoms. The van der Waals surface area contributed by atoms with Crippen LogP contribution in [0.5, 0.6) is 0 Å². The first-order chi connectivity index (χ1) is 7.08. The highest BCUT2D eigenvalue weighted by molar-refractivity contribution is 6.31. The lowest BCUT2D eigenvalue weighted by Crippen LogP contribution is -2.15. The Morgan fingerprint density at radius 1 is 1.53 bits per heavy atom. The number of hydrogen-bond acceptors (Lipinski definition) is 1. The van der Waals surface area contributed by atoms with Gasteiger partial charge in [0.1, 0.15) is 0 Å². The number of hydrogen-bond donors (Lipinski definition) is 1. The Morgan fingerprint density at radius 3 is 2.80 bits per heavy atom. The van der Waals surface area contributed by atoms with Crippen LogP contribution in [0.3, 0.4) is 0 Å². The van der Waals surface area contributed by atoms with E-state index in [9.17, 15) is 4.79 Å². The van der Waals surface area contributed by atoms with Gasteiger partial charge in [0, 0.05) is 16.6 Å². The summed E-state index contributed by atoms with van der Waals surface area (Å²) in [6, 6.07) is 5.53. The summed E-state index contributed by atoms with van der Waals surface area (Å²) < 4.78 is 0. The Bertz CT molecular complexity index is 403. The second kappa shape index (κ2) is 3.86. The third-order valence-corrected chi connectivity index (χ3v) is 3.14. The number of anilines is 1. The molecule has 0 heterocycles. The smallest absolute Gasteiger partial charge is 0.227 e. The number of amides is 1. The van der Waals surface area contributed by atoms with Crippen molar-refractivity contribution in [3.8, 4) is 0 Å². The van der Waals surface area contributed by atoms with E-state index in [2.05, 4.69) is 12.2 Å². The highest BCUT2D eigenvalue weighted by Crippen LogP contribution is 2.38. The zero-order valence-electron chi connectivity index (χ0n) is 8.88. The Kier molecular flexibility index (Phi) is 2.70. The van der Waals surface area contributed by atoms with Crippen molar-refractivity contribution in [3.05, 3.63) is 28.8 Å². The van der Waals surface area contributed by atoms with Gasteiger partial charge in [-0.1, -0.05) is 24.6 Å². The minimum absolute atomic E-state index is 0.118. The van der Waals surface area contributed by atoms with Crippen molar-refractivity contribution in [1.29, 1.82) is 0 Å². The molecule has 1 fully saturated rings. The van der Waals surface area contributed by atoms with Crippen LogP contribution in [-0.2, 0) is 4.79 Å². The largest absolute Gasteiger partial charge is 0.326 e. The monoisotopic (exact) mass is 223 g/mol. The van der Waals surface area contributed by atoms with Crippen LogP contribution in [0, 0.1) is 18.8 Å². The molecule has 1 aromatic rings. The van der Waals surface area contributed by atoms with Crippen molar-refractivity contribution in [2.75, 3.05) is 5.32 Å². The van der Waals surface area contributed by atoms with Crippen molar-refractivity contribution in [1.82, 2.24) is 0 Å². The average Bonchev–Trinajstić information content (AvgIpc) is 2.89. The van der Waals surface area contributed by atoms with Gasteiger partial charge in [0.2, 0.25) is 5.91 Å². The Morgan fingerprint density at radius 2 is 2.20 bits per heavy atom. The first-order valence-electron chi connectivity index (χ1n) is 5.15. The van der Waals surface area contributed by atoms with E-state index >= 15 is 0 Å². The third kappa shape index (κ3) is 2.32. The number of halogens is 1. The molecule has 0 radical (unpaired) electrons. The van der Waals surface area contributed by atoms with Crippen molar-refractivity contribution < 1.29 is 4.79 Å². The number of rotatable bonds is 2. The fourth-order valence-electron chi connectivity index (χ4n) is 1.64. The molecule has 1 N–H and O–H groups in total. The van der Waals surface area contributed by atoms with Gasteiger partial charge in [0.05, 0.1) is 0 Å². The number of aryl methyl sites for hydroxylation is 1. The molecule has 1 amide bonds. The molecular weight excluding hydrogens is 210 g/mol. The molecule has 0 bridgehead atoms.